The van der Waals surface area contributed by atoms with E-state index in [0.29, 0.717) is 11.3 Å². The zero-order valence-electron chi connectivity index (χ0n) is 7.61. The third-order valence-corrected chi connectivity index (χ3v) is 2.06. The van der Waals surface area contributed by atoms with Crippen molar-refractivity contribution in [1.82, 2.24) is 9.97 Å². The summed E-state index contributed by atoms with van der Waals surface area (Å²) in [6.45, 7) is 0. The first-order chi connectivity index (χ1) is 7.16. The molecule has 76 valence electrons. The Kier molecular flexibility index (Phi) is 2.51. The SMILES string of the molecule is Nc1nc(Cl)cc(-c2ccccc2F)n1. The van der Waals surface area contributed by atoms with Gasteiger partial charge in [-0.25, -0.2) is 14.4 Å². The molecule has 2 rings (SSSR count). The molecule has 0 spiro atoms. The van der Waals surface area contributed by atoms with Crippen molar-refractivity contribution < 1.29 is 4.39 Å². The van der Waals surface area contributed by atoms with Crippen molar-refractivity contribution in [2.75, 3.05) is 5.73 Å². The zero-order chi connectivity index (χ0) is 10.8. The summed E-state index contributed by atoms with van der Waals surface area (Å²) >= 11 is 5.70. The molecule has 2 aromatic rings. The number of benzene rings is 1. The number of nitrogens with two attached hydrogens (primary N) is 1. The Bertz CT molecular complexity index is 482. The van der Waals surface area contributed by atoms with Crippen LogP contribution in [0.3, 0.4) is 0 Å². The highest BCUT2D eigenvalue weighted by Crippen LogP contribution is 2.22. The highest BCUT2D eigenvalue weighted by atomic mass is 35.5. The van der Waals surface area contributed by atoms with E-state index in [-0.39, 0.29) is 16.9 Å². The van der Waals surface area contributed by atoms with Gasteiger partial charge < -0.3 is 5.73 Å². The molecular formula is C10H7ClFN3. The van der Waals surface area contributed by atoms with Crippen molar-refractivity contribution in [1.29, 1.82) is 0 Å². The Morgan fingerprint density at radius 3 is 2.60 bits per heavy atom. The maximum absolute atomic E-state index is 13.4. The fraction of sp³-hybridized carbons (Fsp3) is 0. The Morgan fingerprint density at radius 2 is 1.93 bits per heavy atom. The van der Waals surface area contributed by atoms with Crippen LogP contribution in [-0.2, 0) is 0 Å². The van der Waals surface area contributed by atoms with Gasteiger partial charge in [0.15, 0.2) is 0 Å². The fourth-order valence-corrected chi connectivity index (χ4v) is 1.43. The molecule has 5 heteroatoms. The summed E-state index contributed by atoms with van der Waals surface area (Å²) < 4.78 is 13.4. The molecule has 0 amide bonds. The molecule has 0 aliphatic carbocycles. The molecule has 0 unspecified atom stereocenters. The van der Waals surface area contributed by atoms with Crippen molar-refractivity contribution in [3.8, 4) is 11.3 Å². The predicted molar refractivity (Wildman–Crippen MR) is 56.8 cm³/mol. The van der Waals surface area contributed by atoms with Gasteiger partial charge in [-0.05, 0) is 12.1 Å². The van der Waals surface area contributed by atoms with Crippen molar-refractivity contribution in [3.63, 3.8) is 0 Å². The molecule has 0 aliphatic rings. The molecular weight excluding hydrogens is 217 g/mol. The zero-order valence-corrected chi connectivity index (χ0v) is 8.37. The van der Waals surface area contributed by atoms with E-state index in [2.05, 4.69) is 9.97 Å². The number of anilines is 1. The van der Waals surface area contributed by atoms with Gasteiger partial charge in [0, 0.05) is 11.6 Å². The molecule has 0 saturated carbocycles. The maximum Gasteiger partial charge on any atom is 0.221 e. The summed E-state index contributed by atoms with van der Waals surface area (Å²) in [7, 11) is 0. The second kappa shape index (κ2) is 3.82. The van der Waals surface area contributed by atoms with E-state index >= 15 is 0 Å². The number of rotatable bonds is 1. The normalized spacial score (nSPS) is 10.3. The highest BCUT2D eigenvalue weighted by Gasteiger charge is 2.07. The Morgan fingerprint density at radius 1 is 1.20 bits per heavy atom. The molecule has 0 saturated heterocycles. The van der Waals surface area contributed by atoms with E-state index in [9.17, 15) is 4.39 Å². The molecule has 0 fully saturated rings. The van der Waals surface area contributed by atoms with Crippen LogP contribution in [0.15, 0.2) is 30.3 Å². The van der Waals surface area contributed by atoms with Crippen LogP contribution in [0, 0.1) is 5.82 Å². The lowest BCUT2D eigenvalue weighted by Crippen LogP contribution is -1.97. The quantitative estimate of drug-likeness (QED) is 0.756. The molecule has 1 aromatic carbocycles. The number of nitrogen functional groups attached to an aromatic ring is 1. The summed E-state index contributed by atoms with van der Waals surface area (Å²) in [5.41, 5.74) is 6.15. The van der Waals surface area contributed by atoms with Crippen LogP contribution in [0.1, 0.15) is 0 Å². The molecule has 2 N–H and O–H groups in total. The second-order valence-electron chi connectivity index (χ2n) is 2.91. The van der Waals surface area contributed by atoms with Crippen LogP contribution in [0.25, 0.3) is 11.3 Å². The number of hydrogen-bond donors (Lipinski definition) is 1. The minimum atomic E-state index is -0.369. The maximum atomic E-state index is 13.4. The molecule has 0 atom stereocenters. The minimum absolute atomic E-state index is 0.0285. The summed E-state index contributed by atoms with van der Waals surface area (Å²) in [5.74, 6) is -0.340. The van der Waals surface area contributed by atoms with Crippen LogP contribution >= 0.6 is 11.6 Å². The number of nitrogens with zero attached hydrogens (tertiary/aromatic N) is 2. The van der Waals surface area contributed by atoms with Gasteiger partial charge >= 0.3 is 0 Å². The van der Waals surface area contributed by atoms with Crippen LogP contribution in [0.5, 0.6) is 0 Å². The van der Waals surface area contributed by atoms with Crippen LogP contribution in [-0.4, -0.2) is 9.97 Å². The first-order valence-electron chi connectivity index (χ1n) is 4.22. The van der Waals surface area contributed by atoms with Crippen molar-refractivity contribution in [2.24, 2.45) is 0 Å². The summed E-state index contributed by atoms with van der Waals surface area (Å²) in [5, 5.41) is 0.195. The monoisotopic (exact) mass is 223 g/mol. The van der Waals surface area contributed by atoms with Gasteiger partial charge in [0.1, 0.15) is 11.0 Å². The Labute approximate surface area is 90.7 Å². The fourth-order valence-electron chi connectivity index (χ4n) is 1.24. The third-order valence-electron chi connectivity index (χ3n) is 1.86. The van der Waals surface area contributed by atoms with Gasteiger partial charge in [-0.15, -0.1) is 0 Å². The molecule has 1 aromatic heterocycles. The molecule has 1 heterocycles. The van der Waals surface area contributed by atoms with Gasteiger partial charge in [0.25, 0.3) is 0 Å². The smallest absolute Gasteiger partial charge is 0.221 e. The average molecular weight is 224 g/mol. The predicted octanol–water partition coefficient (Wildman–Crippen LogP) is 2.52. The Hall–Kier alpha value is -1.68. The largest absolute Gasteiger partial charge is 0.368 e. The number of hydrogen-bond acceptors (Lipinski definition) is 3. The lowest BCUT2D eigenvalue weighted by molar-refractivity contribution is 0.630. The van der Waals surface area contributed by atoms with Gasteiger partial charge in [-0.2, -0.15) is 0 Å². The van der Waals surface area contributed by atoms with E-state index in [1.54, 1.807) is 18.2 Å². The summed E-state index contributed by atoms with van der Waals surface area (Å²) in [6, 6.07) is 7.74. The van der Waals surface area contributed by atoms with Gasteiger partial charge in [-0.1, -0.05) is 23.7 Å². The van der Waals surface area contributed by atoms with Gasteiger partial charge in [0.05, 0.1) is 5.69 Å². The molecule has 0 bridgehead atoms. The van der Waals surface area contributed by atoms with Gasteiger partial charge in [-0.3, -0.25) is 0 Å². The molecule has 0 radical (unpaired) electrons. The van der Waals surface area contributed by atoms with Gasteiger partial charge in [0.2, 0.25) is 5.95 Å². The van der Waals surface area contributed by atoms with E-state index in [1.807, 2.05) is 0 Å². The van der Waals surface area contributed by atoms with E-state index in [0.717, 1.165) is 0 Å². The third kappa shape index (κ3) is 2.05. The first-order valence-corrected chi connectivity index (χ1v) is 4.59. The van der Waals surface area contributed by atoms with Crippen molar-refractivity contribution >= 4 is 17.5 Å². The standard InChI is InChI=1S/C10H7ClFN3/c11-9-5-8(14-10(13)15-9)6-3-1-2-4-7(6)12/h1-5H,(H2,13,14,15). The Balaban J connectivity index is 2.59. The van der Waals surface area contributed by atoms with E-state index in [4.69, 9.17) is 17.3 Å². The lowest BCUT2D eigenvalue weighted by atomic mass is 10.1. The molecule has 0 aliphatic heterocycles. The van der Waals surface area contributed by atoms with Crippen molar-refractivity contribution in [3.05, 3.63) is 41.3 Å². The van der Waals surface area contributed by atoms with Crippen LogP contribution < -0.4 is 5.73 Å². The highest BCUT2D eigenvalue weighted by molar-refractivity contribution is 6.29. The lowest BCUT2D eigenvalue weighted by Gasteiger charge is -2.03. The van der Waals surface area contributed by atoms with Crippen LogP contribution in [0.2, 0.25) is 5.15 Å². The average Bonchev–Trinajstić information content (AvgIpc) is 2.16. The second-order valence-corrected chi connectivity index (χ2v) is 3.30. The summed E-state index contributed by atoms with van der Waals surface area (Å²) in [4.78, 5) is 7.61. The molecule has 3 nitrogen and oxygen atoms in total. The number of halogens is 2. The minimum Gasteiger partial charge on any atom is -0.368 e. The van der Waals surface area contributed by atoms with Crippen molar-refractivity contribution in [2.45, 2.75) is 0 Å². The topological polar surface area (TPSA) is 51.8 Å². The van der Waals surface area contributed by atoms with E-state index < -0.39 is 0 Å². The molecule has 15 heavy (non-hydrogen) atoms. The van der Waals surface area contributed by atoms with E-state index in [1.165, 1.54) is 12.1 Å². The number of aromatic nitrogens is 2. The summed E-state index contributed by atoms with van der Waals surface area (Å²) in [6.07, 6.45) is 0. The van der Waals surface area contributed by atoms with Crippen LogP contribution in [0.4, 0.5) is 10.3 Å². The first kappa shape index (κ1) is 9.86.